The fraction of sp³-hybridized carbons (Fsp3) is 0.0175. The van der Waals surface area contributed by atoms with Gasteiger partial charge >= 0.3 is 0 Å². The normalized spacial score (nSPS) is 12.9. The zero-order chi connectivity index (χ0) is 39.6. The van der Waals surface area contributed by atoms with E-state index in [1.165, 1.54) is 70.8 Å². The van der Waals surface area contributed by atoms with Crippen LogP contribution in [0.2, 0.25) is 0 Å². The average molecular weight is 784 g/mol. The molecule has 2 nitrogen and oxygen atoms in total. The number of thiophene rings is 1. The molecule has 0 N–H and O–H groups in total. The van der Waals surface area contributed by atoms with Crippen LogP contribution in [0.3, 0.4) is 0 Å². The summed E-state index contributed by atoms with van der Waals surface area (Å²) in [6, 6.07) is 81.3. The van der Waals surface area contributed by atoms with E-state index in [9.17, 15) is 0 Å². The molecule has 0 amide bonds. The van der Waals surface area contributed by atoms with Crippen LogP contribution in [-0.2, 0) is 5.41 Å². The van der Waals surface area contributed by atoms with Crippen molar-refractivity contribution in [2.75, 3.05) is 4.90 Å². The molecule has 0 fully saturated rings. The van der Waals surface area contributed by atoms with Crippen LogP contribution in [0.5, 0.6) is 11.5 Å². The number of benzene rings is 9. The summed E-state index contributed by atoms with van der Waals surface area (Å²) in [6.45, 7) is 0. The van der Waals surface area contributed by atoms with Crippen LogP contribution in [0.25, 0.3) is 54.6 Å². The molecule has 0 saturated heterocycles. The van der Waals surface area contributed by atoms with Gasteiger partial charge in [0.2, 0.25) is 0 Å². The number of ether oxygens (including phenoxy) is 1. The quantitative estimate of drug-likeness (QED) is 0.167. The van der Waals surface area contributed by atoms with Gasteiger partial charge in [0, 0.05) is 32.7 Å². The van der Waals surface area contributed by atoms with E-state index >= 15 is 0 Å². The SMILES string of the molecule is c1ccc(-c2ccc(N(c3ccc(-c4cccc(-c5ccccc5)c4)cc3)c3ccc4sc5c(c4c3)Oc3ccccc3C53c4ccccc4-c4ccccc43)cc2)cc1. The van der Waals surface area contributed by atoms with Crippen molar-refractivity contribution in [3.8, 4) is 56.0 Å². The third-order valence-electron chi connectivity index (χ3n) is 12.3. The van der Waals surface area contributed by atoms with E-state index in [-0.39, 0.29) is 0 Å². The van der Waals surface area contributed by atoms with Crippen molar-refractivity contribution >= 4 is 38.5 Å². The van der Waals surface area contributed by atoms with Crippen LogP contribution in [0.15, 0.2) is 224 Å². The second-order valence-corrected chi connectivity index (χ2v) is 16.7. The van der Waals surface area contributed by atoms with Crippen LogP contribution < -0.4 is 9.64 Å². The highest BCUT2D eigenvalue weighted by atomic mass is 32.1. The summed E-state index contributed by atoms with van der Waals surface area (Å²) in [5.74, 6) is 1.84. The van der Waals surface area contributed by atoms with E-state index in [4.69, 9.17) is 4.74 Å². The van der Waals surface area contributed by atoms with Gasteiger partial charge in [-0.25, -0.2) is 0 Å². The van der Waals surface area contributed by atoms with Gasteiger partial charge in [-0.05, 0) is 110 Å². The van der Waals surface area contributed by atoms with E-state index in [2.05, 4.69) is 229 Å². The van der Waals surface area contributed by atoms with Gasteiger partial charge in [0.05, 0.1) is 10.3 Å². The molecule has 9 aromatic carbocycles. The maximum atomic E-state index is 7.06. The van der Waals surface area contributed by atoms with Gasteiger partial charge in [-0.2, -0.15) is 0 Å². The van der Waals surface area contributed by atoms with Crippen LogP contribution >= 0.6 is 11.3 Å². The molecule has 3 heteroatoms. The first kappa shape index (κ1) is 34.6. The second kappa shape index (κ2) is 13.8. The number of hydrogen-bond donors (Lipinski definition) is 0. The lowest BCUT2D eigenvalue weighted by Gasteiger charge is -2.37. The van der Waals surface area contributed by atoms with Gasteiger partial charge in [0.15, 0.2) is 5.75 Å². The number of anilines is 3. The lowest BCUT2D eigenvalue weighted by Crippen LogP contribution is -2.30. The molecule has 0 saturated carbocycles. The van der Waals surface area contributed by atoms with Gasteiger partial charge in [-0.15, -0.1) is 11.3 Å². The van der Waals surface area contributed by atoms with Gasteiger partial charge < -0.3 is 9.64 Å². The molecule has 12 rings (SSSR count). The molecule has 1 spiro atoms. The van der Waals surface area contributed by atoms with E-state index in [1.807, 2.05) is 11.3 Å². The Kier molecular flexibility index (Phi) is 7.97. The van der Waals surface area contributed by atoms with Crippen molar-refractivity contribution in [3.05, 3.63) is 246 Å². The molecular weight excluding hydrogens is 747 g/mol. The summed E-state index contributed by atoms with van der Waals surface area (Å²) in [7, 11) is 0. The minimum atomic E-state index is -0.484. The molecule has 2 aliphatic rings. The summed E-state index contributed by atoms with van der Waals surface area (Å²) in [5, 5.41) is 1.11. The predicted octanol–water partition coefficient (Wildman–Crippen LogP) is 15.8. The van der Waals surface area contributed by atoms with Gasteiger partial charge in [0.1, 0.15) is 5.75 Å². The smallest absolute Gasteiger partial charge is 0.150 e. The molecule has 282 valence electrons. The lowest BCUT2D eigenvalue weighted by atomic mass is 9.69. The van der Waals surface area contributed by atoms with E-state index in [1.54, 1.807) is 0 Å². The molecule has 1 aromatic heterocycles. The molecule has 0 bridgehead atoms. The van der Waals surface area contributed by atoms with Crippen LogP contribution in [0.1, 0.15) is 21.6 Å². The molecule has 1 aliphatic carbocycles. The zero-order valence-electron chi connectivity index (χ0n) is 32.6. The van der Waals surface area contributed by atoms with Crippen LogP contribution in [-0.4, -0.2) is 0 Å². The van der Waals surface area contributed by atoms with Crippen molar-refractivity contribution < 1.29 is 4.74 Å². The second-order valence-electron chi connectivity index (χ2n) is 15.6. The van der Waals surface area contributed by atoms with Gasteiger partial charge in [-0.1, -0.05) is 170 Å². The molecule has 1 aliphatic heterocycles. The van der Waals surface area contributed by atoms with Crippen molar-refractivity contribution in [1.82, 2.24) is 0 Å². The zero-order valence-corrected chi connectivity index (χ0v) is 33.4. The fourth-order valence-corrected chi connectivity index (χ4v) is 11.0. The first-order chi connectivity index (χ1) is 29.7. The number of rotatable bonds is 6. The van der Waals surface area contributed by atoms with Crippen molar-refractivity contribution in [1.29, 1.82) is 0 Å². The third kappa shape index (κ3) is 5.33. The predicted molar refractivity (Wildman–Crippen MR) is 250 cm³/mol. The number of nitrogens with zero attached hydrogens (tertiary/aromatic N) is 1. The molecular formula is C57H37NOS. The number of para-hydroxylation sites is 1. The highest BCUT2D eigenvalue weighted by Gasteiger charge is 2.52. The lowest BCUT2D eigenvalue weighted by molar-refractivity contribution is 0.447. The third-order valence-corrected chi connectivity index (χ3v) is 13.6. The van der Waals surface area contributed by atoms with Gasteiger partial charge in [-0.3, -0.25) is 0 Å². The largest absolute Gasteiger partial charge is 0.455 e. The standard InChI is InChI=1S/C57H37NOS/c1-3-14-38(15-4-1)40-26-30-44(31-27-40)58(45-32-28-41(29-33-45)43-19-13-18-42(36-43)39-16-5-2-6-17-39)46-34-35-54-49(37-46)55-56(60-54)57(52-24-11-12-25-53(52)59-55)50-22-9-7-20-47(50)48-21-8-10-23-51(48)57/h1-37H. The Bertz CT molecular complexity index is 3180. The van der Waals surface area contributed by atoms with E-state index < -0.39 is 5.41 Å². The Hall–Kier alpha value is -7.46. The summed E-state index contributed by atoms with van der Waals surface area (Å²) in [5.41, 5.74) is 16.3. The Morgan fingerprint density at radius 3 is 1.45 bits per heavy atom. The fourth-order valence-electron chi connectivity index (χ4n) is 9.61. The minimum absolute atomic E-state index is 0.484. The highest BCUT2D eigenvalue weighted by Crippen LogP contribution is 2.65. The first-order valence-corrected chi connectivity index (χ1v) is 21.3. The first-order valence-electron chi connectivity index (χ1n) is 20.5. The molecule has 60 heavy (non-hydrogen) atoms. The molecule has 0 unspecified atom stereocenters. The average Bonchev–Trinajstić information content (AvgIpc) is 3.84. The van der Waals surface area contributed by atoms with Crippen molar-refractivity contribution in [2.45, 2.75) is 5.41 Å². The molecule has 0 radical (unpaired) electrons. The van der Waals surface area contributed by atoms with Crippen LogP contribution in [0.4, 0.5) is 17.1 Å². The van der Waals surface area contributed by atoms with Gasteiger partial charge in [0.25, 0.3) is 0 Å². The van der Waals surface area contributed by atoms with E-state index in [0.717, 1.165) is 33.9 Å². The molecule has 10 aromatic rings. The summed E-state index contributed by atoms with van der Waals surface area (Å²) in [4.78, 5) is 3.60. The van der Waals surface area contributed by atoms with Crippen LogP contribution in [0, 0.1) is 0 Å². The highest BCUT2D eigenvalue weighted by molar-refractivity contribution is 7.19. The van der Waals surface area contributed by atoms with E-state index in [0.29, 0.717) is 0 Å². The minimum Gasteiger partial charge on any atom is -0.455 e. The maximum Gasteiger partial charge on any atom is 0.150 e. The Labute approximate surface area is 353 Å². The maximum absolute atomic E-state index is 7.06. The van der Waals surface area contributed by atoms with Crippen molar-refractivity contribution in [3.63, 3.8) is 0 Å². The Morgan fingerprint density at radius 1 is 0.367 bits per heavy atom. The molecule has 2 heterocycles. The Balaban J connectivity index is 1.02. The molecule has 0 atom stereocenters. The Morgan fingerprint density at radius 2 is 0.833 bits per heavy atom. The number of hydrogen-bond acceptors (Lipinski definition) is 3. The number of fused-ring (bicyclic) bond motifs is 11. The summed E-state index contributed by atoms with van der Waals surface area (Å²) < 4.78 is 8.26. The van der Waals surface area contributed by atoms with Crippen molar-refractivity contribution in [2.24, 2.45) is 0 Å². The summed E-state index contributed by atoms with van der Waals surface area (Å²) >= 11 is 1.85. The summed E-state index contributed by atoms with van der Waals surface area (Å²) in [6.07, 6.45) is 0. The monoisotopic (exact) mass is 783 g/mol. The topological polar surface area (TPSA) is 12.5 Å².